The summed E-state index contributed by atoms with van der Waals surface area (Å²) in [6, 6.07) is 16.2. The molecule has 0 radical (unpaired) electrons. The third-order valence-electron chi connectivity index (χ3n) is 8.86. The summed E-state index contributed by atoms with van der Waals surface area (Å²) < 4.78 is 0. The Morgan fingerprint density at radius 1 is 1.05 bits per heavy atom. The molecule has 0 aliphatic heterocycles. The quantitative estimate of drug-likeness (QED) is 0.170. The lowest BCUT2D eigenvalue weighted by Crippen LogP contribution is -2.10. The summed E-state index contributed by atoms with van der Waals surface area (Å²) >= 11 is 0. The molecule has 0 amide bonds. The zero-order valence-corrected chi connectivity index (χ0v) is 24.6. The number of aliphatic imine (C=N–C) groups is 1. The van der Waals surface area contributed by atoms with Gasteiger partial charge in [0, 0.05) is 25.7 Å². The molecule has 0 saturated carbocycles. The van der Waals surface area contributed by atoms with Crippen LogP contribution < -0.4 is 5.73 Å². The molecule has 3 aromatic rings. The summed E-state index contributed by atoms with van der Waals surface area (Å²) in [6.07, 6.45) is 31.8. The van der Waals surface area contributed by atoms with Gasteiger partial charge in [-0.1, -0.05) is 110 Å². The maximum atomic E-state index is 5.98. The van der Waals surface area contributed by atoms with Crippen LogP contribution in [-0.4, -0.2) is 19.8 Å². The first kappa shape index (κ1) is 27.9. The van der Waals surface area contributed by atoms with Crippen molar-refractivity contribution in [3.05, 3.63) is 149 Å². The number of hydrogen-bond acceptors (Lipinski definition) is 2. The lowest BCUT2D eigenvalue weighted by molar-refractivity contribution is 0.658. The van der Waals surface area contributed by atoms with Crippen LogP contribution in [0.2, 0.25) is 0 Å². The van der Waals surface area contributed by atoms with Gasteiger partial charge in [0.1, 0.15) is 0 Å². The van der Waals surface area contributed by atoms with E-state index in [-0.39, 0.29) is 5.92 Å². The SMILES string of the molecule is C=CC=CCC1C=Cc2c(c3ccc(C4C=C(C(C=NC)=CCN)C=C(C5=CC=CCC5)C4)cc3c3ccccc23)C1. The molecule has 3 aromatic carbocycles. The Balaban J connectivity index is 1.47. The maximum Gasteiger partial charge on any atom is 0.0284 e. The minimum Gasteiger partial charge on any atom is -0.327 e. The summed E-state index contributed by atoms with van der Waals surface area (Å²) in [4.78, 5) is 4.35. The van der Waals surface area contributed by atoms with Crippen LogP contribution in [0, 0.1) is 5.92 Å². The molecular formula is C40H40N2. The van der Waals surface area contributed by atoms with Crippen molar-refractivity contribution >= 4 is 33.8 Å². The number of benzene rings is 3. The van der Waals surface area contributed by atoms with E-state index in [2.05, 4.69) is 115 Å². The van der Waals surface area contributed by atoms with E-state index in [1.165, 1.54) is 55.0 Å². The van der Waals surface area contributed by atoms with E-state index >= 15 is 0 Å². The van der Waals surface area contributed by atoms with Gasteiger partial charge in [0.25, 0.3) is 0 Å². The second kappa shape index (κ2) is 12.7. The maximum absolute atomic E-state index is 5.98. The minimum atomic E-state index is 0.272. The number of rotatable bonds is 8. The first-order valence-electron chi connectivity index (χ1n) is 15.2. The average Bonchev–Trinajstić information content (AvgIpc) is 3.05. The fourth-order valence-electron chi connectivity index (χ4n) is 6.83. The smallest absolute Gasteiger partial charge is 0.0284 e. The Bertz CT molecular complexity index is 1770. The Labute approximate surface area is 250 Å². The summed E-state index contributed by atoms with van der Waals surface area (Å²) in [5.41, 5.74) is 15.4. The van der Waals surface area contributed by atoms with Crippen molar-refractivity contribution < 1.29 is 0 Å². The number of nitrogens with two attached hydrogens (primary N) is 1. The summed E-state index contributed by atoms with van der Waals surface area (Å²) in [5, 5.41) is 5.42. The van der Waals surface area contributed by atoms with Crippen molar-refractivity contribution in [1.29, 1.82) is 0 Å². The van der Waals surface area contributed by atoms with Crippen molar-refractivity contribution in [2.75, 3.05) is 13.6 Å². The lowest BCUT2D eigenvalue weighted by Gasteiger charge is -2.26. The van der Waals surface area contributed by atoms with Gasteiger partial charge in [-0.15, -0.1) is 0 Å². The molecule has 0 fully saturated rings. The van der Waals surface area contributed by atoms with Gasteiger partial charge in [-0.3, -0.25) is 4.99 Å². The molecule has 3 aliphatic carbocycles. The highest BCUT2D eigenvalue weighted by Crippen LogP contribution is 2.42. The average molecular weight is 549 g/mol. The third-order valence-corrected chi connectivity index (χ3v) is 8.86. The molecule has 2 N–H and O–H groups in total. The standard InChI is InChI=1S/C40H40N2/c1-3-4-6-11-28-16-18-37-35-14-9-10-15-36(35)40-26-30(17-19-38(40)39(37)22-28)33-23-32(29-12-7-5-8-13-29)24-34(25-33)31(20-21-41)27-42-2/h3-7,9-10,12,14-20,24-28,33H,1,8,11,13,21-23,41H2,2H3. The van der Waals surface area contributed by atoms with E-state index in [1.54, 1.807) is 0 Å². The Kier molecular flexibility index (Phi) is 8.44. The predicted octanol–water partition coefficient (Wildman–Crippen LogP) is 9.51. The summed E-state index contributed by atoms with van der Waals surface area (Å²) in [7, 11) is 1.83. The number of nitrogens with zero attached hydrogens (tertiary/aromatic N) is 1. The zero-order valence-electron chi connectivity index (χ0n) is 24.6. The van der Waals surface area contributed by atoms with Gasteiger partial charge in [-0.2, -0.15) is 0 Å². The molecule has 0 spiro atoms. The van der Waals surface area contributed by atoms with Crippen LogP contribution in [0.5, 0.6) is 0 Å². The van der Waals surface area contributed by atoms with Crippen LogP contribution in [0.3, 0.4) is 0 Å². The van der Waals surface area contributed by atoms with E-state index in [0.717, 1.165) is 37.7 Å². The van der Waals surface area contributed by atoms with Crippen LogP contribution in [-0.2, 0) is 6.42 Å². The van der Waals surface area contributed by atoms with Crippen LogP contribution in [0.1, 0.15) is 48.3 Å². The first-order valence-corrected chi connectivity index (χ1v) is 15.2. The van der Waals surface area contributed by atoms with Crippen LogP contribution in [0.4, 0.5) is 0 Å². The highest BCUT2D eigenvalue weighted by atomic mass is 14.6. The topological polar surface area (TPSA) is 38.4 Å². The largest absolute Gasteiger partial charge is 0.327 e. The lowest BCUT2D eigenvalue weighted by atomic mass is 9.78. The highest BCUT2D eigenvalue weighted by Gasteiger charge is 2.23. The van der Waals surface area contributed by atoms with Crippen molar-refractivity contribution in [3.63, 3.8) is 0 Å². The van der Waals surface area contributed by atoms with Gasteiger partial charge < -0.3 is 5.73 Å². The van der Waals surface area contributed by atoms with Gasteiger partial charge >= 0.3 is 0 Å². The third kappa shape index (κ3) is 5.60. The number of hydrogen-bond donors (Lipinski definition) is 1. The molecule has 0 heterocycles. The molecular weight excluding hydrogens is 508 g/mol. The zero-order chi connectivity index (χ0) is 28.9. The van der Waals surface area contributed by atoms with Gasteiger partial charge in [-0.05, 0) is 105 Å². The van der Waals surface area contributed by atoms with Crippen LogP contribution >= 0.6 is 0 Å². The van der Waals surface area contributed by atoms with Crippen LogP contribution in [0.15, 0.2) is 137 Å². The van der Waals surface area contributed by atoms with E-state index in [4.69, 9.17) is 5.73 Å². The summed E-state index contributed by atoms with van der Waals surface area (Å²) in [5.74, 6) is 0.772. The van der Waals surface area contributed by atoms with E-state index < -0.39 is 0 Å². The molecule has 42 heavy (non-hydrogen) atoms. The monoisotopic (exact) mass is 548 g/mol. The number of allylic oxidation sites excluding steroid dienone is 13. The normalized spacial score (nSPS) is 20.7. The molecule has 2 heteroatoms. The molecule has 0 saturated heterocycles. The molecule has 2 nitrogen and oxygen atoms in total. The minimum absolute atomic E-state index is 0.272. The van der Waals surface area contributed by atoms with Crippen molar-refractivity contribution in [3.8, 4) is 0 Å². The van der Waals surface area contributed by atoms with Crippen LogP contribution in [0.25, 0.3) is 27.6 Å². The molecule has 2 unspecified atom stereocenters. The molecule has 6 rings (SSSR count). The van der Waals surface area contributed by atoms with E-state index in [0.29, 0.717) is 12.5 Å². The first-order chi connectivity index (χ1) is 20.7. The predicted molar refractivity (Wildman–Crippen MR) is 183 cm³/mol. The second-order valence-electron chi connectivity index (χ2n) is 11.5. The Hall–Kier alpha value is -4.27. The van der Waals surface area contributed by atoms with Gasteiger partial charge in [-0.25, -0.2) is 0 Å². The van der Waals surface area contributed by atoms with E-state index in [1.807, 2.05) is 19.3 Å². The number of fused-ring (bicyclic) bond motifs is 6. The summed E-state index contributed by atoms with van der Waals surface area (Å²) in [6.45, 7) is 4.32. The molecule has 0 bridgehead atoms. The molecule has 0 aromatic heterocycles. The van der Waals surface area contributed by atoms with Gasteiger partial charge in [0.15, 0.2) is 0 Å². The fourth-order valence-corrected chi connectivity index (χ4v) is 6.83. The Morgan fingerprint density at radius 3 is 2.71 bits per heavy atom. The van der Waals surface area contributed by atoms with Crippen molar-refractivity contribution in [2.24, 2.45) is 16.6 Å². The molecule has 3 aliphatic rings. The van der Waals surface area contributed by atoms with E-state index in [9.17, 15) is 0 Å². The van der Waals surface area contributed by atoms with Crippen molar-refractivity contribution in [1.82, 2.24) is 0 Å². The molecule has 2 atom stereocenters. The second-order valence-corrected chi connectivity index (χ2v) is 11.5. The highest BCUT2D eigenvalue weighted by molar-refractivity contribution is 6.13. The van der Waals surface area contributed by atoms with Crippen molar-refractivity contribution in [2.45, 2.75) is 38.0 Å². The molecule has 210 valence electrons. The van der Waals surface area contributed by atoms with Gasteiger partial charge in [0.2, 0.25) is 0 Å². The van der Waals surface area contributed by atoms with Gasteiger partial charge in [0.05, 0.1) is 0 Å². The Morgan fingerprint density at radius 2 is 1.93 bits per heavy atom. The fraction of sp³-hybridized carbons (Fsp3) is 0.225.